The first kappa shape index (κ1) is 15.9. The Bertz CT molecular complexity index is 980. The highest BCUT2D eigenvalue weighted by Gasteiger charge is 2.40. The maximum atomic E-state index is 12.6. The molecule has 0 amide bonds. The van der Waals surface area contributed by atoms with Crippen LogP contribution in [0.5, 0.6) is 0 Å². The zero-order chi connectivity index (χ0) is 17.4. The van der Waals surface area contributed by atoms with Crippen LogP contribution in [0.2, 0.25) is 0 Å². The molecule has 2 aromatic heterocycles. The van der Waals surface area contributed by atoms with E-state index in [1.54, 1.807) is 42.9 Å². The third-order valence-corrected chi connectivity index (χ3v) is 5.94. The molecule has 1 aliphatic heterocycles. The minimum absolute atomic E-state index is 0.113. The first-order chi connectivity index (χ1) is 12.0. The van der Waals surface area contributed by atoms with E-state index in [4.69, 9.17) is 4.52 Å². The molecule has 0 spiro atoms. The molecule has 8 nitrogen and oxygen atoms in total. The van der Waals surface area contributed by atoms with Crippen LogP contribution >= 0.6 is 0 Å². The lowest BCUT2D eigenvalue weighted by molar-refractivity contribution is 0.217. The molecule has 0 radical (unpaired) electrons. The second kappa shape index (κ2) is 6.01. The van der Waals surface area contributed by atoms with Gasteiger partial charge in [0, 0.05) is 25.5 Å². The maximum Gasteiger partial charge on any atom is 0.243 e. The van der Waals surface area contributed by atoms with Crippen molar-refractivity contribution in [1.82, 2.24) is 24.4 Å². The Hall–Kier alpha value is -2.65. The predicted octanol–water partition coefficient (Wildman–Crippen LogP) is 1.62. The fourth-order valence-corrected chi connectivity index (χ4v) is 4.10. The van der Waals surface area contributed by atoms with Crippen molar-refractivity contribution in [1.29, 1.82) is 0 Å². The smallest absolute Gasteiger partial charge is 0.243 e. The Balaban J connectivity index is 1.47. The van der Waals surface area contributed by atoms with Gasteiger partial charge < -0.3 is 4.52 Å². The topological polar surface area (TPSA) is 102 Å². The third-order valence-electron chi connectivity index (χ3n) is 4.09. The van der Waals surface area contributed by atoms with Gasteiger partial charge in [0.05, 0.1) is 17.0 Å². The SMILES string of the molecule is Cc1ccc(S(=O)(=O)N2CC(c3nc(-c4cnccn4)no3)C2)cc1. The summed E-state index contributed by atoms with van der Waals surface area (Å²) in [6.45, 7) is 2.55. The highest BCUT2D eigenvalue weighted by atomic mass is 32.2. The molecular weight excluding hydrogens is 342 g/mol. The Morgan fingerprint density at radius 1 is 1.16 bits per heavy atom. The molecule has 0 aliphatic carbocycles. The molecule has 1 fully saturated rings. The van der Waals surface area contributed by atoms with Gasteiger partial charge in [-0.25, -0.2) is 13.4 Å². The van der Waals surface area contributed by atoms with Crippen molar-refractivity contribution >= 4 is 10.0 Å². The van der Waals surface area contributed by atoms with Crippen LogP contribution in [0.25, 0.3) is 11.5 Å². The zero-order valence-corrected chi connectivity index (χ0v) is 14.2. The van der Waals surface area contributed by atoms with Gasteiger partial charge in [-0.1, -0.05) is 22.9 Å². The molecule has 25 heavy (non-hydrogen) atoms. The van der Waals surface area contributed by atoms with Crippen molar-refractivity contribution < 1.29 is 12.9 Å². The standard InChI is InChI=1S/C16H15N5O3S/c1-11-2-4-13(5-3-11)25(22,23)21-9-12(10-21)16-19-15(20-24-16)14-8-17-6-7-18-14/h2-8,12H,9-10H2,1H3. The summed E-state index contributed by atoms with van der Waals surface area (Å²) in [5.41, 5.74) is 1.53. The molecule has 4 rings (SSSR count). The Labute approximate surface area is 144 Å². The summed E-state index contributed by atoms with van der Waals surface area (Å²) in [4.78, 5) is 12.7. The maximum absolute atomic E-state index is 12.6. The molecule has 1 aromatic carbocycles. The van der Waals surface area contributed by atoms with Crippen LogP contribution in [-0.2, 0) is 10.0 Å². The number of aromatic nitrogens is 4. The summed E-state index contributed by atoms with van der Waals surface area (Å²) in [6.07, 6.45) is 4.65. The summed E-state index contributed by atoms with van der Waals surface area (Å²) in [6, 6.07) is 6.82. The van der Waals surface area contributed by atoms with E-state index in [2.05, 4.69) is 20.1 Å². The fourth-order valence-electron chi connectivity index (χ4n) is 2.57. The van der Waals surface area contributed by atoms with E-state index in [1.165, 1.54) is 4.31 Å². The van der Waals surface area contributed by atoms with Crippen LogP contribution in [0, 0.1) is 6.92 Å². The zero-order valence-electron chi connectivity index (χ0n) is 13.4. The highest BCUT2D eigenvalue weighted by molar-refractivity contribution is 7.89. The number of aryl methyl sites for hydroxylation is 1. The van der Waals surface area contributed by atoms with E-state index in [0.29, 0.717) is 35.4 Å². The molecule has 0 unspecified atom stereocenters. The lowest BCUT2D eigenvalue weighted by atomic mass is 10.0. The van der Waals surface area contributed by atoms with Crippen molar-refractivity contribution in [2.24, 2.45) is 0 Å². The largest absolute Gasteiger partial charge is 0.339 e. The first-order valence-electron chi connectivity index (χ1n) is 7.71. The van der Waals surface area contributed by atoms with E-state index >= 15 is 0 Å². The predicted molar refractivity (Wildman–Crippen MR) is 88.0 cm³/mol. The number of hydrogen-bond donors (Lipinski definition) is 0. The molecule has 3 aromatic rings. The van der Waals surface area contributed by atoms with Gasteiger partial charge in [-0.3, -0.25) is 4.98 Å². The van der Waals surface area contributed by atoms with E-state index in [1.807, 2.05) is 6.92 Å². The average Bonchev–Trinajstić information content (AvgIpc) is 3.04. The minimum Gasteiger partial charge on any atom is -0.339 e. The van der Waals surface area contributed by atoms with E-state index < -0.39 is 10.0 Å². The van der Waals surface area contributed by atoms with Crippen LogP contribution in [0.3, 0.4) is 0 Å². The molecule has 1 saturated heterocycles. The number of benzene rings is 1. The van der Waals surface area contributed by atoms with E-state index in [0.717, 1.165) is 5.56 Å². The first-order valence-corrected chi connectivity index (χ1v) is 9.15. The van der Waals surface area contributed by atoms with Crippen molar-refractivity contribution in [2.45, 2.75) is 17.7 Å². The van der Waals surface area contributed by atoms with Gasteiger partial charge in [-0.2, -0.15) is 9.29 Å². The summed E-state index contributed by atoms with van der Waals surface area (Å²) in [7, 11) is -3.48. The van der Waals surface area contributed by atoms with Crippen molar-refractivity contribution in [3.8, 4) is 11.5 Å². The summed E-state index contributed by atoms with van der Waals surface area (Å²) in [5.74, 6) is 0.650. The fraction of sp³-hybridized carbons (Fsp3) is 0.250. The van der Waals surface area contributed by atoms with Gasteiger partial charge in [0.2, 0.25) is 21.7 Å². The minimum atomic E-state index is -3.48. The molecule has 0 saturated carbocycles. The van der Waals surface area contributed by atoms with Crippen molar-refractivity contribution in [3.63, 3.8) is 0 Å². The van der Waals surface area contributed by atoms with Crippen LogP contribution in [0.15, 0.2) is 52.3 Å². The third kappa shape index (κ3) is 2.92. The average molecular weight is 357 g/mol. The number of sulfonamides is 1. The molecule has 3 heterocycles. The lowest BCUT2D eigenvalue weighted by Crippen LogP contribution is -2.48. The number of rotatable bonds is 4. The van der Waals surface area contributed by atoms with Crippen molar-refractivity contribution in [3.05, 3.63) is 54.3 Å². The van der Waals surface area contributed by atoms with Gasteiger partial charge in [0.25, 0.3) is 0 Å². The molecule has 1 aliphatic rings. The van der Waals surface area contributed by atoms with Crippen LogP contribution in [-0.4, -0.2) is 45.9 Å². The molecule has 9 heteroatoms. The van der Waals surface area contributed by atoms with Crippen LogP contribution in [0.1, 0.15) is 17.4 Å². The second-order valence-corrected chi connectivity index (χ2v) is 7.82. The number of hydrogen-bond acceptors (Lipinski definition) is 7. The second-order valence-electron chi connectivity index (χ2n) is 5.88. The summed E-state index contributed by atoms with van der Waals surface area (Å²) < 4.78 is 31.8. The highest BCUT2D eigenvalue weighted by Crippen LogP contribution is 2.31. The van der Waals surface area contributed by atoms with Crippen molar-refractivity contribution in [2.75, 3.05) is 13.1 Å². The van der Waals surface area contributed by atoms with Crippen LogP contribution in [0.4, 0.5) is 0 Å². The molecule has 0 N–H and O–H groups in total. The number of nitrogens with zero attached hydrogens (tertiary/aromatic N) is 5. The Morgan fingerprint density at radius 3 is 2.60 bits per heavy atom. The van der Waals surface area contributed by atoms with Gasteiger partial charge in [0.15, 0.2) is 0 Å². The normalized spacial score (nSPS) is 15.9. The molecule has 0 atom stereocenters. The Kier molecular flexibility index (Phi) is 3.81. The van der Waals surface area contributed by atoms with Crippen LogP contribution < -0.4 is 0 Å². The monoisotopic (exact) mass is 357 g/mol. The van der Waals surface area contributed by atoms with Gasteiger partial charge in [0.1, 0.15) is 5.69 Å². The van der Waals surface area contributed by atoms with E-state index in [9.17, 15) is 8.42 Å². The van der Waals surface area contributed by atoms with E-state index in [-0.39, 0.29) is 5.92 Å². The van der Waals surface area contributed by atoms with Gasteiger partial charge in [-0.15, -0.1) is 0 Å². The summed E-state index contributed by atoms with van der Waals surface area (Å²) in [5, 5.41) is 3.89. The molecule has 0 bridgehead atoms. The molecular formula is C16H15N5O3S. The van der Waals surface area contributed by atoms with Gasteiger partial charge in [-0.05, 0) is 19.1 Å². The quantitative estimate of drug-likeness (QED) is 0.699. The Morgan fingerprint density at radius 2 is 1.92 bits per heavy atom. The van der Waals surface area contributed by atoms with Gasteiger partial charge >= 0.3 is 0 Å². The lowest BCUT2D eigenvalue weighted by Gasteiger charge is -2.35. The molecule has 128 valence electrons. The summed E-state index contributed by atoms with van der Waals surface area (Å²) >= 11 is 0.